The number of nitriles is 2. The lowest BCUT2D eigenvalue weighted by Crippen LogP contribution is -2.26. The number of halogens is 3. The molecule has 2 aliphatic heterocycles. The first kappa shape index (κ1) is 32.0. The molecule has 8 rings (SSSR count). The minimum Gasteiger partial charge on any atom is -0.365 e. The topological polar surface area (TPSA) is 127 Å². The summed E-state index contributed by atoms with van der Waals surface area (Å²) >= 11 is 0. The van der Waals surface area contributed by atoms with Gasteiger partial charge in [-0.05, 0) is 115 Å². The van der Waals surface area contributed by atoms with E-state index in [1.807, 2.05) is 6.07 Å². The fourth-order valence-corrected chi connectivity index (χ4v) is 7.61. The number of amides is 1. The van der Waals surface area contributed by atoms with E-state index < -0.39 is 17.6 Å². The van der Waals surface area contributed by atoms with Gasteiger partial charge >= 0.3 is 6.18 Å². The molecule has 0 bridgehead atoms. The van der Waals surface area contributed by atoms with Crippen molar-refractivity contribution < 1.29 is 18.0 Å². The summed E-state index contributed by atoms with van der Waals surface area (Å²) in [6.07, 6.45) is 2.90. The van der Waals surface area contributed by atoms with Gasteiger partial charge in [-0.15, -0.1) is 10.2 Å². The highest BCUT2D eigenvalue weighted by molar-refractivity contribution is 6.10. The monoisotopic (exact) mass is 677 g/mol. The standard InChI is InChI=1S/C37H34F3N9O/c1-47-22-43-46-33(47)26-4-3-23(18-42)13-27(26)25-16-31(45-36(8-9-36)5-2-11-41)44-32(17-25)49-20-29-28(34(49)50)14-24(15-30(29)37(38,39)40)19-48-12-10-35(21-48)6-7-35/h3-4,13-17,22H,2,5-10,12,19-21H2,1H3,(H,44,45). The number of anilines is 2. The molecule has 2 aromatic carbocycles. The Morgan fingerprint density at radius 1 is 1.00 bits per heavy atom. The van der Waals surface area contributed by atoms with Crippen molar-refractivity contribution in [1.82, 2.24) is 24.6 Å². The van der Waals surface area contributed by atoms with Crippen LogP contribution in [0, 0.1) is 28.1 Å². The van der Waals surface area contributed by atoms with Gasteiger partial charge in [0.25, 0.3) is 5.91 Å². The molecule has 4 heterocycles. The summed E-state index contributed by atoms with van der Waals surface area (Å²) in [5, 5.41) is 30.8. The fraction of sp³-hybridized carbons (Fsp3) is 0.405. The van der Waals surface area contributed by atoms with E-state index in [9.17, 15) is 28.5 Å². The number of rotatable bonds is 9. The summed E-state index contributed by atoms with van der Waals surface area (Å²) in [4.78, 5) is 22.5. The molecule has 1 amide bonds. The predicted molar refractivity (Wildman–Crippen MR) is 178 cm³/mol. The molecule has 3 fully saturated rings. The highest BCUT2D eigenvalue weighted by atomic mass is 19.4. The number of nitrogens with one attached hydrogen (secondary N) is 1. The number of carbonyl (C=O) groups is 1. The number of fused-ring (bicyclic) bond motifs is 1. The minimum atomic E-state index is -4.65. The number of aromatic nitrogens is 4. The third kappa shape index (κ3) is 5.86. The van der Waals surface area contributed by atoms with E-state index in [1.165, 1.54) is 11.0 Å². The van der Waals surface area contributed by atoms with Crippen LogP contribution in [-0.2, 0) is 26.3 Å². The van der Waals surface area contributed by atoms with Crippen molar-refractivity contribution in [2.24, 2.45) is 12.5 Å². The fourth-order valence-electron chi connectivity index (χ4n) is 7.61. The Labute approximate surface area is 287 Å². The maximum absolute atomic E-state index is 14.6. The maximum atomic E-state index is 14.6. The molecule has 2 saturated carbocycles. The Kier molecular flexibility index (Phi) is 7.46. The van der Waals surface area contributed by atoms with Crippen LogP contribution in [0.15, 0.2) is 48.8 Å². The zero-order valence-electron chi connectivity index (χ0n) is 27.5. The summed E-state index contributed by atoms with van der Waals surface area (Å²) in [5.41, 5.74) is 1.91. The quantitative estimate of drug-likeness (QED) is 0.204. The van der Waals surface area contributed by atoms with Gasteiger partial charge in [0, 0.05) is 43.2 Å². The molecule has 1 saturated heterocycles. The van der Waals surface area contributed by atoms with E-state index in [4.69, 9.17) is 4.98 Å². The SMILES string of the molecule is Cn1cnnc1-c1ccc(C#N)cc1-c1cc(NC2(CCC#N)CC2)nc(N2Cc3c(cc(CN4CCC5(CC5)C4)cc3C(F)(F)F)C2=O)c1. The van der Waals surface area contributed by atoms with Gasteiger partial charge in [-0.25, -0.2) is 4.98 Å². The van der Waals surface area contributed by atoms with Crippen LogP contribution in [0.2, 0.25) is 0 Å². The average Bonchev–Trinajstić information content (AvgIpc) is 3.90. The van der Waals surface area contributed by atoms with Gasteiger partial charge < -0.3 is 9.88 Å². The van der Waals surface area contributed by atoms with Gasteiger partial charge in [0.2, 0.25) is 0 Å². The lowest BCUT2D eigenvalue weighted by molar-refractivity contribution is -0.138. The lowest BCUT2D eigenvalue weighted by Gasteiger charge is -2.22. The maximum Gasteiger partial charge on any atom is 0.416 e. The van der Waals surface area contributed by atoms with Crippen molar-refractivity contribution in [1.29, 1.82) is 10.5 Å². The van der Waals surface area contributed by atoms with E-state index in [1.54, 1.807) is 48.3 Å². The van der Waals surface area contributed by atoms with Gasteiger partial charge in [-0.2, -0.15) is 23.7 Å². The van der Waals surface area contributed by atoms with Gasteiger partial charge in [0.05, 0.1) is 29.8 Å². The molecule has 1 N–H and O–H groups in total. The normalized spacial score (nSPS) is 18.6. The molecule has 10 nitrogen and oxygen atoms in total. The number of aryl methyl sites for hydroxylation is 1. The number of pyridine rings is 1. The molecule has 0 unspecified atom stereocenters. The van der Waals surface area contributed by atoms with Crippen LogP contribution in [0.3, 0.4) is 0 Å². The smallest absolute Gasteiger partial charge is 0.365 e. The molecule has 0 atom stereocenters. The van der Waals surface area contributed by atoms with Gasteiger partial charge in [-0.3, -0.25) is 14.6 Å². The van der Waals surface area contributed by atoms with Crippen LogP contribution in [0.1, 0.15) is 77.6 Å². The van der Waals surface area contributed by atoms with Crippen molar-refractivity contribution in [3.8, 4) is 34.7 Å². The van der Waals surface area contributed by atoms with Crippen molar-refractivity contribution >= 4 is 17.5 Å². The molecule has 2 aromatic heterocycles. The van der Waals surface area contributed by atoms with Crippen LogP contribution < -0.4 is 10.2 Å². The molecule has 2 aliphatic carbocycles. The van der Waals surface area contributed by atoms with Crippen LogP contribution in [0.4, 0.5) is 24.8 Å². The second kappa shape index (κ2) is 11.7. The van der Waals surface area contributed by atoms with E-state index in [0.29, 0.717) is 64.3 Å². The summed E-state index contributed by atoms with van der Waals surface area (Å²) in [5.74, 6) is 0.594. The van der Waals surface area contributed by atoms with Crippen molar-refractivity contribution in [2.75, 3.05) is 23.3 Å². The molecular formula is C37H34F3N9O. The number of benzene rings is 2. The Morgan fingerprint density at radius 3 is 2.48 bits per heavy atom. The van der Waals surface area contributed by atoms with Crippen LogP contribution in [-0.4, -0.2) is 49.2 Å². The Morgan fingerprint density at radius 2 is 1.82 bits per heavy atom. The number of hydrogen-bond acceptors (Lipinski definition) is 8. The summed E-state index contributed by atoms with van der Waals surface area (Å²) in [7, 11) is 1.80. The van der Waals surface area contributed by atoms with Crippen molar-refractivity contribution in [2.45, 2.75) is 69.8 Å². The summed E-state index contributed by atoms with van der Waals surface area (Å²) in [6, 6.07) is 15.9. The van der Waals surface area contributed by atoms with Gasteiger partial charge in [0.15, 0.2) is 5.82 Å². The van der Waals surface area contributed by atoms with Gasteiger partial charge in [-0.1, -0.05) is 0 Å². The molecule has 50 heavy (non-hydrogen) atoms. The highest BCUT2D eigenvalue weighted by Crippen LogP contribution is 2.53. The first-order valence-electron chi connectivity index (χ1n) is 16.8. The highest BCUT2D eigenvalue weighted by Gasteiger charge is 2.48. The van der Waals surface area contributed by atoms with Crippen LogP contribution >= 0.6 is 0 Å². The average molecular weight is 678 g/mol. The largest absolute Gasteiger partial charge is 0.416 e. The molecule has 0 radical (unpaired) electrons. The molecule has 1 spiro atoms. The second-order valence-electron chi connectivity index (χ2n) is 14.3. The van der Waals surface area contributed by atoms with Crippen molar-refractivity contribution in [3.05, 3.63) is 76.6 Å². The number of likely N-dealkylation sites (tertiary alicyclic amines) is 1. The number of alkyl halides is 3. The third-order valence-electron chi connectivity index (χ3n) is 10.8. The van der Waals surface area contributed by atoms with Crippen LogP contribution in [0.25, 0.3) is 22.5 Å². The lowest BCUT2D eigenvalue weighted by atomic mass is 9.97. The summed E-state index contributed by atoms with van der Waals surface area (Å²) < 4.78 is 45.6. The molecule has 13 heteroatoms. The second-order valence-corrected chi connectivity index (χ2v) is 14.3. The third-order valence-corrected chi connectivity index (χ3v) is 10.8. The van der Waals surface area contributed by atoms with Gasteiger partial charge in [0.1, 0.15) is 18.0 Å². The van der Waals surface area contributed by atoms with E-state index >= 15 is 0 Å². The Bertz CT molecular complexity index is 2120. The first-order chi connectivity index (χ1) is 24.0. The number of carbonyl (C=O) groups excluding carboxylic acids is 1. The predicted octanol–water partition coefficient (Wildman–Crippen LogP) is 6.83. The summed E-state index contributed by atoms with van der Waals surface area (Å²) in [6.45, 7) is 1.78. The molecule has 4 aliphatic rings. The minimum absolute atomic E-state index is 0.0378. The Balaban J connectivity index is 1.21. The van der Waals surface area contributed by atoms with Crippen LogP contribution in [0.5, 0.6) is 0 Å². The zero-order chi connectivity index (χ0) is 34.8. The molecular weight excluding hydrogens is 643 g/mol. The first-order valence-corrected chi connectivity index (χ1v) is 16.8. The van der Waals surface area contributed by atoms with E-state index in [2.05, 4.69) is 32.6 Å². The molecule has 4 aromatic rings. The number of nitrogens with zero attached hydrogens (tertiary/aromatic N) is 8. The zero-order valence-corrected chi connectivity index (χ0v) is 27.5. The molecule has 254 valence electrons. The Hall–Kier alpha value is -5.27. The number of hydrogen-bond donors (Lipinski definition) is 1. The van der Waals surface area contributed by atoms with E-state index in [0.717, 1.165) is 45.2 Å². The van der Waals surface area contributed by atoms with E-state index in [-0.39, 0.29) is 29.0 Å². The van der Waals surface area contributed by atoms with Crippen molar-refractivity contribution in [3.63, 3.8) is 0 Å².